The largest absolute Gasteiger partial charge is 0.357 e. The summed E-state index contributed by atoms with van der Waals surface area (Å²) in [5.74, 6) is 0.0320. The Hall–Kier alpha value is -2.76. The van der Waals surface area contributed by atoms with Crippen molar-refractivity contribution in [3.8, 4) is 0 Å². The lowest BCUT2D eigenvalue weighted by molar-refractivity contribution is -0.117. The molecule has 0 spiro atoms. The van der Waals surface area contributed by atoms with E-state index in [4.69, 9.17) is 0 Å². The monoisotopic (exact) mass is 312 g/mol. The van der Waals surface area contributed by atoms with Crippen LogP contribution in [-0.2, 0) is 18.4 Å². The lowest BCUT2D eigenvalue weighted by Crippen LogP contribution is -2.43. The molecule has 0 bridgehead atoms. The maximum Gasteiger partial charge on any atom is 0.315 e. The summed E-state index contributed by atoms with van der Waals surface area (Å²) < 4.78 is 1.93. The molecule has 2 N–H and O–H groups in total. The standard InChI is InChI=1S/C17H20N4O2/c1-20-8-7-13(11-20)10-18-17(23)19-14-9-16(22)21(12-14)15-5-3-2-4-6-15/h2-8,11,14H,9-10,12H2,1H3,(H2,18,19,23). The molecule has 1 saturated heterocycles. The van der Waals surface area contributed by atoms with Gasteiger partial charge in [0.1, 0.15) is 0 Å². The zero-order valence-electron chi connectivity index (χ0n) is 13.0. The number of carbonyl (C=O) groups is 2. The van der Waals surface area contributed by atoms with E-state index in [9.17, 15) is 9.59 Å². The summed E-state index contributed by atoms with van der Waals surface area (Å²) in [5.41, 5.74) is 1.91. The van der Waals surface area contributed by atoms with Gasteiger partial charge in [0, 0.05) is 44.6 Å². The zero-order valence-corrected chi connectivity index (χ0v) is 13.0. The van der Waals surface area contributed by atoms with Crippen molar-refractivity contribution in [3.05, 3.63) is 54.4 Å². The third kappa shape index (κ3) is 3.71. The molecule has 0 aliphatic carbocycles. The number of hydrogen-bond acceptors (Lipinski definition) is 2. The molecule has 0 radical (unpaired) electrons. The van der Waals surface area contributed by atoms with Gasteiger partial charge in [-0.25, -0.2) is 4.79 Å². The van der Waals surface area contributed by atoms with Gasteiger partial charge in [0.2, 0.25) is 5.91 Å². The lowest BCUT2D eigenvalue weighted by Gasteiger charge is -2.17. The molecule has 3 amide bonds. The minimum Gasteiger partial charge on any atom is -0.357 e. The number of nitrogens with zero attached hydrogens (tertiary/aromatic N) is 2. The van der Waals surface area contributed by atoms with Crippen molar-refractivity contribution in [2.24, 2.45) is 7.05 Å². The van der Waals surface area contributed by atoms with Gasteiger partial charge in [0.05, 0.1) is 6.04 Å². The van der Waals surface area contributed by atoms with Gasteiger partial charge in [-0.1, -0.05) is 18.2 Å². The van der Waals surface area contributed by atoms with Gasteiger partial charge in [-0.3, -0.25) is 4.79 Å². The van der Waals surface area contributed by atoms with Gasteiger partial charge in [0.25, 0.3) is 0 Å². The van der Waals surface area contributed by atoms with E-state index in [0.29, 0.717) is 19.5 Å². The summed E-state index contributed by atoms with van der Waals surface area (Å²) in [6.45, 7) is 0.970. The number of amides is 3. The van der Waals surface area contributed by atoms with Crippen LogP contribution in [0.4, 0.5) is 10.5 Å². The molecule has 6 nitrogen and oxygen atoms in total. The Labute approximate surface area is 135 Å². The minimum absolute atomic E-state index is 0.0320. The highest BCUT2D eigenvalue weighted by molar-refractivity contribution is 5.96. The van der Waals surface area contributed by atoms with E-state index in [2.05, 4.69) is 10.6 Å². The van der Waals surface area contributed by atoms with E-state index in [1.165, 1.54) is 0 Å². The Morgan fingerprint density at radius 3 is 2.74 bits per heavy atom. The van der Waals surface area contributed by atoms with Crippen molar-refractivity contribution in [2.75, 3.05) is 11.4 Å². The van der Waals surface area contributed by atoms with Crippen LogP contribution in [0.3, 0.4) is 0 Å². The number of aromatic nitrogens is 1. The third-order valence-corrected chi connectivity index (χ3v) is 3.87. The van der Waals surface area contributed by atoms with Crippen LogP contribution in [0.1, 0.15) is 12.0 Å². The molecule has 1 unspecified atom stereocenters. The molecule has 1 aliphatic rings. The fourth-order valence-corrected chi connectivity index (χ4v) is 2.75. The molecule has 2 aromatic rings. The smallest absolute Gasteiger partial charge is 0.315 e. The average Bonchev–Trinajstić information content (AvgIpc) is 3.12. The lowest BCUT2D eigenvalue weighted by atomic mass is 10.2. The zero-order chi connectivity index (χ0) is 16.2. The fraction of sp³-hybridized carbons (Fsp3) is 0.294. The molecule has 1 aromatic heterocycles. The summed E-state index contributed by atoms with van der Waals surface area (Å²) in [7, 11) is 1.94. The molecule has 0 saturated carbocycles. The number of urea groups is 1. The SMILES string of the molecule is Cn1ccc(CNC(=O)NC2CC(=O)N(c3ccccc3)C2)c1. The summed E-state index contributed by atoms with van der Waals surface area (Å²) >= 11 is 0. The number of benzene rings is 1. The highest BCUT2D eigenvalue weighted by atomic mass is 16.2. The Morgan fingerprint density at radius 1 is 1.26 bits per heavy atom. The maximum absolute atomic E-state index is 12.1. The van der Waals surface area contributed by atoms with Crippen molar-refractivity contribution in [1.82, 2.24) is 15.2 Å². The number of rotatable bonds is 4. The van der Waals surface area contributed by atoms with Crippen LogP contribution in [-0.4, -0.2) is 29.1 Å². The van der Waals surface area contributed by atoms with Crippen LogP contribution in [0.5, 0.6) is 0 Å². The molecule has 1 fully saturated rings. The highest BCUT2D eigenvalue weighted by Crippen LogP contribution is 2.20. The van der Waals surface area contributed by atoms with Crippen LogP contribution < -0.4 is 15.5 Å². The van der Waals surface area contributed by atoms with Crippen LogP contribution in [0.15, 0.2) is 48.8 Å². The first kappa shape index (κ1) is 15.1. The molecule has 2 heterocycles. The molecule has 1 aromatic carbocycles. The Balaban J connectivity index is 1.51. The van der Waals surface area contributed by atoms with E-state index in [-0.39, 0.29) is 18.0 Å². The van der Waals surface area contributed by atoms with Gasteiger partial charge in [0.15, 0.2) is 0 Å². The number of nitrogens with one attached hydrogen (secondary N) is 2. The molecule has 23 heavy (non-hydrogen) atoms. The van der Waals surface area contributed by atoms with Crippen LogP contribution in [0, 0.1) is 0 Å². The van der Waals surface area contributed by atoms with Crippen LogP contribution in [0.2, 0.25) is 0 Å². The Bertz CT molecular complexity index is 696. The molecule has 1 aliphatic heterocycles. The summed E-state index contributed by atoms with van der Waals surface area (Å²) in [4.78, 5) is 25.8. The quantitative estimate of drug-likeness (QED) is 0.901. The molecule has 120 valence electrons. The van der Waals surface area contributed by atoms with Gasteiger partial charge >= 0.3 is 6.03 Å². The maximum atomic E-state index is 12.1. The summed E-state index contributed by atoms with van der Waals surface area (Å²) in [5, 5.41) is 5.68. The number of aryl methyl sites for hydroxylation is 1. The number of para-hydroxylation sites is 1. The van der Waals surface area contributed by atoms with Gasteiger partial charge < -0.3 is 20.1 Å². The molecular formula is C17H20N4O2. The van der Waals surface area contributed by atoms with Crippen molar-refractivity contribution in [2.45, 2.75) is 19.0 Å². The van der Waals surface area contributed by atoms with Crippen molar-refractivity contribution in [1.29, 1.82) is 0 Å². The molecule has 3 rings (SSSR count). The van der Waals surface area contributed by atoms with Crippen molar-refractivity contribution >= 4 is 17.6 Å². The highest BCUT2D eigenvalue weighted by Gasteiger charge is 2.31. The van der Waals surface area contributed by atoms with Crippen LogP contribution in [0.25, 0.3) is 0 Å². The Morgan fingerprint density at radius 2 is 2.04 bits per heavy atom. The number of hydrogen-bond donors (Lipinski definition) is 2. The van der Waals surface area contributed by atoms with E-state index < -0.39 is 0 Å². The number of carbonyl (C=O) groups excluding carboxylic acids is 2. The van der Waals surface area contributed by atoms with Gasteiger partial charge in [-0.2, -0.15) is 0 Å². The number of anilines is 1. The normalized spacial score (nSPS) is 17.3. The third-order valence-electron chi connectivity index (χ3n) is 3.87. The predicted molar refractivity (Wildman–Crippen MR) is 88.0 cm³/mol. The average molecular weight is 312 g/mol. The second kappa shape index (κ2) is 6.56. The van der Waals surface area contributed by atoms with Gasteiger partial charge in [-0.05, 0) is 23.8 Å². The van der Waals surface area contributed by atoms with Crippen LogP contribution >= 0.6 is 0 Å². The fourth-order valence-electron chi connectivity index (χ4n) is 2.75. The van der Waals surface area contributed by atoms with Crippen molar-refractivity contribution < 1.29 is 9.59 Å². The molecule has 1 atom stereocenters. The van der Waals surface area contributed by atoms with E-state index in [1.54, 1.807) is 4.90 Å². The van der Waals surface area contributed by atoms with E-state index in [1.807, 2.05) is 60.4 Å². The first-order chi connectivity index (χ1) is 11.1. The Kier molecular flexibility index (Phi) is 4.32. The summed E-state index contributed by atoms with van der Waals surface area (Å²) in [6.07, 6.45) is 4.21. The summed E-state index contributed by atoms with van der Waals surface area (Å²) in [6, 6.07) is 11.0. The first-order valence-electron chi connectivity index (χ1n) is 7.62. The van der Waals surface area contributed by atoms with E-state index >= 15 is 0 Å². The predicted octanol–water partition coefficient (Wildman–Crippen LogP) is 1.63. The second-order valence-electron chi connectivity index (χ2n) is 5.75. The van der Waals surface area contributed by atoms with E-state index in [0.717, 1.165) is 11.3 Å². The second-order valence-corrected chi connectivity index (χ2v) is 5.75. The van der Waals surface area contributed by atoms with Gasteiger partial charge in [-0.15, -0.1) is 0 Å². The molecule has 6 heteroatoms. The topological polar surface area (TPSA) is 66.4 Å². The van der Waals surface area contributed by atoms with Crippen molar-refractivity contribution in [3.63, 3.8) is 0 Å². The minimum atomic E-state index is -0.249. The first-order valence-corrected chi connectivity index (χ1v) is 7.62. The molecular weight excluding hydrogens is 292 g/mol.